The monoisotopic (exact) mass is 435 g/mol. The minimum Gasteiger partial charge on any atom is -0.497 e. The van der Waals surface area contributed by atoms with Crippen LogP contribution in [-0.2, 0) is 14.4 Å². The van der Waals surface area contributed by atoms with Crippen LogP contribution in [0.3, 0.4) is 0 Å². The summed E-state index contributed by atoms with van der Waals surface area (Å²) in [6, 6.07) is 7.60. The lowest BCUT2D eigenvalue weighted by Gasteiger charge is -2.04. The van der Waals surface area contributed by atoms with Crippen LogP contribution in [0, 0.1) is 0 Å². The Hall–Kier alpha value is -2.39. The molecule has 1 aromatic heterocycles. The van der Waals surface area contributed by atoms with E-state index in [-0.39, 0.29) is 22.7 Å². The second-order valence-corrected chi connectivity index (χ2v) is 8.27. The third-order valence-corrected chi connectivity index (χ3v) is 5.52. The van der Waals surface area contributed by atoms with Crippen molar-refractivity contribution < 1.29 is 19.1 Å². The zero-order valence-corrected chi connectivity index (χ0v) is 18.2. The number of hydrogen-bond donors (Lipinski definition) is 2. The lowest BCUT2D eigenvalue weighted by Crippen LogP contribution is -2.26. The van der Waals surface area contributed by atoms with Crippen LogP contribution in [0.2, 0.25) is 0 Å². The maximum atomic E-state index is 12.1. The van der Waals surface area contributed by atoms with Crippen molar-refractivity contribution in [1.82, 2.24) is 10.3 Å². The second-order valence-electron chi connectivity index (χ2n) is 6.26. The van der Waals surface area contributed by atoms with E-state index >= 15 is 0 Å². The van der Waals surface area contributed by atoms with Crippen LogP contribution in [0.1, 0.15) is 32.6 Å². The predicted molar refractivity (Wildman–Crippen MR) is 117 cm³/mol. The number of thiazole rings is 1. The van der Waals surface area contributed by atoms with E-state index in [4.69, 9.17) is 4.74 Å². The zero-order chi connectivity index (χ0) is 21.1. The fourth-order valence-corrected chi connectivity index (χ4v) is 3.61. The van der Waals surface area contributed by atoms with E-state index in [2.05, 4.69) is 15.6 Å². The molecule has 0 saturated carbocycles. The Balaban J connectivity index is 1.62. The van der Waals surface area contributed by atoms with Gasteiger partial charge < -0.3 is 15.4 Å². The summed E-state index contributed by atoms with van der Waals surface area (Å²) in [5.74, 6) is 0.735. The smallest absolute Gasteiger partial charge is 0.230 e. The van der Waals surface area contributed by atoms with Gasteiger partial charge in [0.2, 0.25) is 11.8 Å². The number of rotatable bonds is 11. The van der Waals surface area contributed by atoms with E-state index in [0.717, 1.165) is 48.0 Å². The molecule has 0 saturated heterocycles. The molecule has 2 N–H and O–H groups in total. The fourth-order valence-electron chi connectivity index (χ4n) is 2.44. The number of benzene rings is 1. The molecule has 0 unspecified atom stereocenters. The lowest BCUT2D eigenvalue weighted by molar-refractivity contribution is -0.119. The van der Waals surface area contributed by atoms with Crippen molar-refractivity contribution in [2.75, 3.05) is 24.7 Å². The average molecular weight is 436 g/mol. The maximum absolute atomic E-state index is 12.1. The number of carbonyl (C=O) groups is 3. The van der Waals surface area contributed by atoms with Crippen molar-refractivity contribution >= 4 is 45.2 Å². The summed E-state index contributed by atoms with van der Waals surface area (Å²) in [4.78, 5) is 38.8. The molecule has 7 nitrogen and oxygen atoms in total. The topological polar surface area (TPSA) is 97.4 Å². The lowest BCUT2D eigenvalue weighted by atomic mass is 10.2. The number of unbranched alkanes of at least 4 members (excludes halogenated alkanes) is 2. The van der Waals surface area contributed by atoms with E-state index in [1.54, 1.807) is 7.11 Å². The number of nitrogens with one attached hydrogen (secondary N) is 2. The molecular formula is C20H25N3O4S2. The van der Waals surface area contributed by atoms with E-state index < -0.39 is 0 Å². The van der Waals surface area contributed by atoms with Gasteiger partial charge in [-0.2, -0.15) is 0 Å². The molecule has 0 bridgehead atoms. The molecule has 156 valence electrons. The quantitative estimate of drug-likeness (QED) is 0.522. The number of amides is 2. The molecule has 0 spiro atoms. The number of methoxy groups -OCH3 is 1. The number of aromatic nitrogens is 1. The van der Waals surface area contributed by atoms with E-state index in [1.165, 1.54) is 18.3 Å². The molecule has 29 heavy (non-hydrogen) atoms. The average Bonchev–Trinajstić information content (AvgIpc) is 3.17. The molecule has 0 fully saturated rings. The maximum Gasteiger partial charge on any atom is 0.230 e. The third kappa shape index (κ3) is 8.66. The fraction of sp³-hybridized carbons (Fsp3) is 0.400. The Labute approximate surface area is 178 Å². The summed E-state index contributed by atoms with van der Waals surface area (Å²) in [6.45, 7) is 1.99. The molecule has 2 amide bonds. The Morgan fingerprint density at radius 3 is 2.55 bits per heavy atom. The van der Waals surface area contributed by atoms with E-state index in [9.17, 15) is 14.4 Å². The summed E-state index contributed by atoms with van der Waals surface area (Å²) in [5.41, 5.74) is 1.78. The van der Waals surface area contributed by atoms with Gasteiger partial charge in [0, 0.05) is 30.8 Å². The molecule has 0 aliphatic heterocycles. The highest BCUT2D eigenvalue weighted by atomic mass is 32.2. The largest absolute Gasteiger partial charge is 0.497 e. The zero-order valence-electron chi connectivity index (χ0n) is 16.5. The molecule has 0 aliphatic carbocycles. The number of anilines is 1. The molecule has 1 aromatic carbocycles. The van der Waals surface area contributed by atoms with E-state index in [0.29, 0.717) is 18.1 Å². The molecule has 9 heteroatoms. The van der Waals surface area contributed by atoms with Gasteiger partial charge in [-0.05, 0) is 37.1 Å². The molecule has 2 rings (SSSR count). The van der Waals surface area contributed by atoms with Crippen LogP contribution >= 0.6 is 23.1 Å². The first kappa shape index (κ1) is 22.9. The van der Waals surface area contributed by atoms with Crippen molar-refractivity contribution in [3.63, 3.8) is 0 Å². The van der Waals surface area contributed by atoms with Crippen LogP contribution in [0.25, 0.3) is 11.3 Å². The Bertz CT molecular complexity index is 821. The summed E-state index contributed by atoms with van der Waals surface area (Å²) in [6.07, 6.45) is 2.78. The second kappa shape index (κ2) is 12.2. The van der Waals surface area contributed by atoms with Gasteiger partial charge in [0.05, 0.1) is 18.6 Å². The van der Waals surface area contributed by atoms with Crippen LogP contribution in [0.15, 0.2) is 29.6 Å². The summed E-state index contributed by atoms with van der Waals surface area (Å²) in [5, 5.41) is 8.01. The van der Waals surface area contributed by atoms with Gasteiger partial charge >= 0.3 is 0 Å². The van der Waals surface area contributed by atoms with Gasteiger partial charge in [0.25, 0.3) is 0 Å². The van der Waals surface area contributed by atoms with Gasteiger partial charge in [0.15, 0.2) is 10.2 Å². The van der Waals surface area contributed by atoms with Crippen LogP contribution in [-0.4, -0.2) is 41.3 Å². The first-order chi connectivity index (χ1) is 14.0. The number of hydrogen-bond acceptors (Lipinski definition) is 7. The molecule has 1 heterocycles. The Morgan fingerprint density at radius 2 is 1.86 bits per heavy atom. The number of nitrogens with zero attached hydrogens (tertiary/aromatic N) is 1. The van der Waals surface area contributed by atoms with Crippen LogP contribution in [0.5, 0.6) is 5.75 Å². The summed E-state index contributed by atoms with van der Waals surface area (Å²) in [7, 11) is 1.62. The van der Waals surface area contributed by atoms with Crippen molar-refractivity contribution in [1.29, 1.82) is 0 Å². The number of ether oxygens (including phenoxy) is 1. The molecule has 2 aromatic rings. The van der Waals surface area contributed by atoms with Gasteiger partial charge in [-0.25, -0.2) is 4.98 Å². The highest BCUT2D eigenvalue weighted by Gasteiger charge is 2.08. The van der Waals surface area contributed by atoms with Crippen molar-refractivity contribution in [3.8, 4) is 17.0 Å². The highest BCUT2D eigenvalue weighted by Crippen LogP contribution is 2.26. The Morgan fingerprint density at radius 1 is 1.10 bits per heavy atom. The van der Waals surface area contributed by atoms with Gasteiger partial charge in [0.1, 0.15) is 5.75 Å². The van der Waals surface area contributed by atoms with Crippen LogP contribution in [0.4, 0.5) is 5.13 Å². The Kier molecular flexibility index (Phi) is 9.66. The number of carbonyl (C=O) groups excluding carboxylic acids is 3. The summed E-state index contributed by atoms with van der Waals surface area (Å²) >= 11 is 2.39. The number of thioether (sulfide) groups is 1. The molecule has 0 aliphatic rings. The third-order valence-electron chi connectivity index (χ3n) is 3.95. The molecule has 0 atom stereocenters. The highest BCUT2D eigenvalue weighted by molar-refractivity contribution is 8.14. The van der Waals surface area contributed by atoms with Gasteiger partial charge in [-0.3, -0.25) is 14.4 Å². The molecular weight excluding hydrogens is 410 g/mol. The van der Waals surface area contributed by atoms with Crippen LogP contribution < -0.4 is 15.4 Å². The van der Waals surface area contributed by atoms with Gasteiger partial charge in [-0.1, -0.05) is 18.2 Å². The first-order valence-corrected chi connectivity index (χ1v) is 11.1. The standard InChI is InChI=1S/C20H25N3O4S2/c1-14(24)28-13-19(26)21-11-5-3-4-6-18(25)23-20-22-17(12-29-20)15-7-9-16(27-2)10-8-15/h7-10,12H,3-6,11,13H2,1-2H3,(H,21,26)(H,22,23,25). The molecule has 0 radical (unpaired) electrons. The van der Waals surface area contributed by atoms with Crippen molar-refractivity contribution in [2.45, 2.75) is 32.6 Å². The SMILES string of the molecule is COc1ccc(-c2csc(NC(=O)CCCCCNC(=O)CSC(C)=O)n2)cc1. The minimum absolute atomic E-state index is 0.0671. The first-order valence-electron chi connectivity index (χ1n) is 9.28. The van der Waals surface area contributed by atoms with E-state index in [1.807, 2.05) is 29.6 Å². The predicted octanol–water partition coefficient (Wildman–Crippen LogP) is 3.71. The van der Waals surface area contributed by atoms with Crippen molar-refractivity contribution in [3.05, 3.63) is 29.6 Å². The van der Waals surface area contributed by atoms with Crippen molar-refractivity contribution in [2.24, 2.45) is 0 Å². The summed E-state index contributed by atoms with van der Waals surface area (Å²) < 4.78 is 5.15. The minimum atomic E-state index is -0.139. The normalized spacial score (nSPS) is 10.4. The van der Waals surface area contributed by atoms with Gasteiger partial charge in [-0.15, -0.1) is 11.3 Å².